The van der Waals surface area contributed by atoms with Crippen LogP contribution in [0.25, 0.3) is 11.5 Å². The number of nitrogens with zero attached hydrogens (tertiary/aromatic N) is 3. The van der Waals surface area contributed by atoms with Gasteiger partial charge in [-0.05, 0) is 61.7 Å². The first kappa shape index (κ1) is 21.2. The van der Waals surface area contributed by atoms with Crippen molar-refractivity contribution in [2.24, 2.45) is 0 Å². The van der Waals surface area contributed by atoms with Crippen molar-refractivity contribution in [2.75, 3.05) is 13.1 Å². The molecule has 0 bridgehead atoms. The van der Waals surface area contributed by atoms with Gasteiger partial charge < -0.3 is 9.84 Å². The van der Waals surface area contributed by atoms with E-state index in [-0.39, 0.29) is 17.3 Å². The monoisotopic (exact) mass is 440 g/mol. The first-order valence-corrected chi connectivity index (χ1v) is 11.7. The maximum Gasteiger partial charge on any atom is 0.257 e. The molecule has 0 spiro atoms. The van der Waals surface area contributed by atoms with E-state index in [2.05, 4.69) is 15.5 Å². The average Bonchev–Trinajstić information content (AvgIpc) is 3.24. The summed E-state index contributed by atoms with van der Waals surface area (Å²) in [5.74, 6) is 0.690. The van der Waals surface area contributed by atoms with Gasteiger partial charge in [0.25, 0.3) is 11.8 Å². The molecule has 162 valence electrons. The number of carbonyl (C=O) groups is 1. The molecule has 0 atom stereocenters. The van der Waals surface area contributed by atoms with E-state index in [1.165, 1.54) is 0 Å². The van der Waals surface area contributed by atoms with E-state index in [1.54, 1.807) is 59.8 Å². The molecule has 0 aliphatic carbocycles. The lowest BCUT2D eigenvalue weighted by atomic mass is 10.1. The summed E-state index contributed by atoms with van der Waals surface area (Å²) in [7, 11) is -3.50. The van der Waals surface area contributed by atoms with Crippen molar-refractivity contribution in [3.8, 4) is 11.5 Å². The summed E-state index contributed by atoms with van der Waals surface area (Å²) in [6.07, 6.45) is 2.84. The molecular formula is C22H24N4O4S. The molecule has 0 unspecified atom stereocenters. The predicted octanol–water partition coefficient (Wildman–Crippen LogP) is 3.15. The van der Waals surface area contributed by atoms with E-state index in [1.807, 2.05) is 0 Å². The highest BCUT2D eigenvalue weighted by molar-refractivity contribution is 7.89. The first-order valence-electron chi connectivity index (χ1n) is 10.2. The molecule has 31 heavy (non-hydrogen) atoms. The number of aryl methyl sites for hydroxylation is 1. The van der Waals surface area contributed by atoms with Gasteiger partial charge in [-0.25, -0.2) is 8.42 Å². The lowest BCUT2D eigenvalue weighted by Crippen LogP contribution is -2.35. The highest BCUT2D eigenvalue weighted by atomic mass is 32.2. The highest BCUT2D eigenvalue weighted by Crippen LogP contribution is 2.21. The van der Waals surface area contributed by atoms with Crippen LogP contribution in [0.4, 0.5) is 0 Å². The number of nitrogens with one attached hydrogen (secondary N) is 1. The third-order valence-corrected chi connectivity index (χ3v) is 7.12. The summed E-state index contributed by atoms with van der Waals surface area (Å²) < 4.78 is 32.4. The van der Waals surface area contributed by atoms with Crippen LogP contribution >= 0.6 is 0 Å². The van der Waals surface area contributed by atoms with Gasteiger partial charge in [0.05, 0.1) is 4.90 Å². The molecule has 1 aliphatic heterocycles. The van der Waals surface area contributed by atoms with E-state index in [0.717, 1.165) is 30.4 Å². The normalized spacial score (nSPS) is 15.0. The second kappa shape index (κ2) is 8.99. The van der Waals surface area contributed by atoms with Gasteiger partial charge in [0, 0.05) is 30.8 Å². The van der Waals surface area contributed by atoms with Gasteiger partial charge in [-0.15, -0.1) is 0 Å². The number of amides is 1. The molecule has 0 radical (unpaired) electrons. The smallest absolute Gasteiger partial charge is 0.257 e. The van der Waals surface area contributed by atoms with E-state index >= 15 is 0 Å². The number of sulfonamides is 1. The second-order valence-electron chi connectivity index (χ2n) is 7.52. The van der Waals surface area contributed by atoms with Crippen LogP contribution in [-0.4, -0.2) is 41.9 Å². The van der Waals surface area contributed by atoms with E-state index in [0.29, 0.717) is 30.4 Å². The van der Waals surface area contributed by atoms with Crippen molar-refractivity contribution >= 4 is 15.9 Å². The van der Waals surface area contributed by atoms with Crippen molar-refractivity contribution in [3.63, 3.8) is 0 Å². The fourth-order valence-corrected chi connectivity index (χ4v) is 5.12. The van der Waals surface area contributed by atoms with Gasteiger partial charge in [0.1, 0.15) is 0 Å². The number of piperidine rings is 1. The topological polar surface area (TPSA) is 105 Å². The predicted molar refractivity (Wildman–Crippen MR) is 115 cm³/mol. The molecule has 2 heterocycles. The SMILES string of the molecule is Cc1noc(-c2ccc(C(=O)NCc3cccc(S(=O)(=O)N4CCCCC4)c3)cc2)n1. The van der Waals surface area contributed by atoms with Gasteiger partial charge in [-0.3, -0.25) is 4.79 Å². The van der Waals surface area contributed by atoms with Gasteiger partial charge in [0.2, 0.25) is 10.0 Å². The molecule has 0 saturated carbocycles. The summed E-state index contributed by atoms with van der Waals surface area (Å²) in [5, 5.41) is 6.59. The Hall–Kier alpha value is -3.04. The molecule has 1 amide bonds. The van der Waals surface area contributed by atoms with Gasteiger partial charge in [-0.1, -0.05) is 23.7 Å². The number of hydrogen-bond acceptors (Lipinski definition) is 6. The molecule has 1 saturated heterocycles. The van der Waals surface area contributed by atoms with Crippen molar-refractivity contribution in [1.82, 2.24) is 19.8 Å². The average molecular weight is 441 g/mol. The van der Waals surface area contributed by atoms with Gasteiger partial charge >= 0.3 is 0 Å². The summed E-state index contributed by atoms with van der Waals surface area (Å²) in [6, 6.07) is 13.6. The van der Waals surface area contributed by atoms with Crippen LogP contribution < -0.4 is 5.32 Å². The zero-order valence-electron chi connectivity index (χ0n) is 17.2. The third kappa shape index (κ3) is 4.83. The van der Waals surface area contributed by atoms with E-state index in [9.17, 15) is 13.2 Å². The minimum Gasteiger partial charge on any atom is -0.348 e. The van der Waals surface area contributed by atoms with Gasteiger partial charge in [-0.2, -0.15) is 9.29 Å². The molecule has 4 rings (SSSR count). The first-order chi connectivity index (χ1) is 14.9. The Balaban J connectivity index is 1.41. The van der Waals surface area contributed by atoms with Gasteiger partial charge in [0.15, 0.2) is 5.82 Å². The lowest BCUT2D eigenvalue weighted by molar-refractivity contribution is 0.0951. The maximum atomic E-state index is 12.9. The number of carbonyl (C=O) groups excluding carboxylic acids is 1. The molecule has 9 heteroatoms. The standard InChI is InChI=1S/C22H24N4O4S/c1-16-24-22(30-25-16)19-10-8-18(9-11-19)21(27)23-15-17-6-5-7-20(14-17)31(28,29)26-12-3-2-4-13-26/h5-11,14H,2-4,12-13,15H2,1H3,(H,23,27). The Morgan fingerprint density at radius 2 is 1.84 bits per heavy atom. The number of hydrogen-bond donors (Lipinski definition) is 1. The van der Waals surface area contributed by atoms with Crippen LogP contribution in [0.2, 0.25) is 0 Å². The van der Waals surface area contributed by atoms with E-state index in [4.69, 9.17) is 4.52 Å². The third-order valence-electron chi connectivity index (χ3n) is 5.23. The minimum atomic E-state index is -3.50. The van der Waals surface area contributed by atoms with Crippen molar-refractivity contribution in [2.45, 2.75) is 37.6 Å². The summed E-state index contributed by atoms with van der Waals surface area (Å²) >= 11 is 0. The zero-order chi connectivity index (χ0) is 21.8. The maximum absolute atomic E-state index is 12.9. The summed E-state index contributed by atoms with van der Waals surface area (Å²) in [5.41, 5.74) is 1.94. The Labute approximate surface area is 181 Å². The minimum absolute atomic E-state index is 0.229. The van der Waals surface area contributed by atoms with Crippen molar-refractivity contribution in [3.05, 3.63) is 65.5 Å². The van der Waals surface area contributed by atoms with Crippen LogP contribution in [-0.2, 0) is 16.6 Å². The van der Waals surface area contributed by atoms with Crippen LogP contribution in [0.3, 0.4) is 0 Å². The Morgan fingerprint density at radius 3 is 2.52 bits per heavy atom. The van der Waals surface area contributed by atoms with E-state index < -0.39 is 10.0 Å². The molecule has 8 nitrogen and oxygen atoms in total. The molecular weight excluding hydrogens is 416 g/mol. The fourth-order valence-electron chi connectivity index (χ4n) is 3.53. The number of benzene rings is 2. The highest BCUT2D eigenvalue weighted by Gasteiger charge is 2.26. The molecule has 1 aliphatic rings. The quantitative estimate of drug-likeness (QED) is 0.631. The van der Waals surface area contributed by atoms with Crippen molar-refractivity contribution < 1.29 is 17.7 Å². The molecule has 3 aromatic rings. The van der Waals surface area contributed by atoms with Crippen molar-refractivity contribution in [1.29, 1.82) is 0 Å². The largest absolute Gasteiger partial charge is 0.348 e. The summed E-state index contributed by atoms with van der Waals surface area (Å²) in [6.45, 7) is 3.08. The zero-order valence-corrected chi connectivity index (χ0v) is 18.1. The lowest BCUT2D eigenvalue weighted by Gasteiger charge is -2.26. The Bertz CT molecular complexity index is 1170. The van der Waals surface area contributed by atoms with Crippen LogP contribution in [0.5, 0.6) is 0 Å². The molecule has 1 aromatic heterocycles. The van der Waals surface area contributed by atoms with Crippen LogP contribution in [0, 0.1) is 6.92 Å². The number of rotatable bonds is 6. The fraction of sp³-hybridized carbons (Fsp3) is 0.318. The molecule has 2 aromatic carbocycles. The summed E-state index contributed by atoms with van der Waals surface area (Å²) in [4.78, 5) is 16.9. The Morgan fingerprint density at radius 1 is 1.10 bits per heavy atom. The second-order valence-corrected chi connectivity index (χ2v) is 9.46. The molecule has 1 N–H and O–H groups in total. The van der Waals surface area contributed by atoms with Crippen LogP contribution in [0.1, 0.15) is 41.0 Å². The van der Waals surface area contributed by atoms with Crippen LogP contribution in [0.15, 0.2) is 57.9 Å². The number of aromatic nitrogens is 2. The molecule has 1 fully saturated rings. The Kier molecular flexibility index (Phi) is 6.15.